The van der Waals surface area contributed by atoms with E-state index >= 15 is 0 Å². The van der Waals surface area contributed by atoms with Gasteiger partial charge in [0.2, 0.25) is 0 Å². The first-order chi connectivity index (χ1) is 13.2. The molecule has 0 aromatic heterocycles. The van der Waals surface area contributed by atoms with Crippen LogP contribution in [0.3, 0.4) is 0 Å². The summed E-state index contributed by atoms with van der Waals surface area (Å²) in [6.45, 7) is 9.87. The molecule has 6 heteroatoms. The summed E-state index contributed by atoms with van der Waals surface area (Å²) in [7, 11) is 0. The van der Waals surface area contributed by atoms with Gasteiger partial charge in [-0.2, -0.15) is 0 Å². The van der Waals surface area contributed by atoms with E-state index in [4.69, 9.17) is 9.47 Å². The van der Waals surface area contributed by atoms with Gasteiger partial charge in [-0.15, -0.1) is 0 Å². The average molecular weight is 384 g/mol. The predicted molar refractivity (Wildman–Crippen MR) is 100 cm³/mol. The lowest BCUT2D eigenvalue weighted by molar-refractivity contribution is -0.131. The number of ether oxygens (including phenoxy) is 2. The Bertz CT molecular complexity index is 954. The van der Waals surface area contributed by atoms with Gasteiger partial charge < -0.3 is 9.47 Å². The van der Waals surface area contributed by atoms with Crippen LogP contribution in [0.5, 0.6) is 11.5 Å². The highest BCUT2D eigenvalue weighted by Crippen LogP contribution is 2.40. The maximum Gasteiger partial charge on any atom is 0.338 e. The molecule has 0 aliphatic heterocycles. The topological polar surface area (TPSA) is 52.6 Å². The van der Waals surface area contributed by atoms with Crippen LogP contribution in [0.2, 0.25) is 0 Å². The van der Waals surface area contributed by atoms with Gasteiger partial charge in [0.1, 0.15) is 0 Å². The molecule has 0 atom stereocenters. The first-order valence-electron chi connectivity index (χ1n) is 8.59. The Kier molecular flexibility index (Phi) is 5.14. The lowest BCUT2D eigenvalue weighted by Gasteiger charge is -2.22. The van der Waals surface area contributed by atoms with Gasteiger partial charge in [0.15, 0.2) is 23.1 Å². The summed E-state index contributed by atoms with van der Waals surface area (Å²) < 4.78 is 39.7. The Labute approximate surface area is 161 Å². The normalized spacial score (nSPS) is 11.9. The second-order valence-electron chi connectivity index (χ2n) is 6.65. The monoisotopic (exact) mass is 384 g/mol. The molecule has 3 rings (SSSR count). The quantitative estimate of drug-likeness (QED) is 0.436. The molecule has 0 amide bonds. The van der Waals surface area contributed by atoms with Crippen LogP contribution in [0.25, 0.3) is 11.1 Å². The summed E-state index contributed by atoms with van der Waals surface area (Å²) in [5.74, 6) is -3.13. The molecule has 1 aliphatic rings. The van der Waals surface area contributed by atoms with Crippen LogP contribution in [0.1, 0.15) is 25.0 Å². The first-order valence-corrected chi connectivity index (χ1v) is 8.59. The van der Waals surface area contributed by atoms with Crippen molar-refractivity contribution in [1.82, 2.24) is 0 Å². The van der Waals surface area contributed by atoms with Crippen molar-refractivity contribution in [3.63, 3.8) is 0 Å². The van der Waals surface area contributed by atoms with Crippen LogP contribution in [-0.4, -0.2) is 11.9 Å². The van der Waals surface area contributed by atoms with Crippen LogP contribution in [0.4, 0.5) is 8.78 Å². The van der Waals surface area contributed by atoms with Crippen molar-refractivity contribution < 1.29 is 27.8 Å². The molecule has 0 spiro atoms. The Morgan fingerprint density at radius 3 is 1.46 bits per heavy atom. The second kappa shape index (κ2) is 7.38. The molecule has 0 N–H and O–H groups in total. The number of rotatable bonds is 4. The fourth-order valence-electron chi connectivity index (χ4n) is 2.97. The summed E-state index contributed by atoms with van der Waals surface area (Å²) in [4.78, 5) is 23.3. The van der Waals surface area contributed by atoms with E-state index in [0.29, 0.717) is 22.3 Å². The van der Waals surface area contributed by atoms with Gasteiger partial charge in [-0.25, -0.2) is 18.4 Å². The number of halogens is 2. The second-order valence-corrected chi connectivity index (χ2v) is 6.65. The van der Waals surface area contributed by atoms with E-state index in [-0.39, 0.29) is 35.5 Å². The van der Waals surface area contributed by atoms with E-state index in [9.17, 15) is 18.4 Å². The number of hydrogen-bond acceptors (Lipinski definition) is 4. The van der Waals surface area contributed by atoms with Crippen molar-refractivity contribution in [1.29, 1.82) is 0 Å². The Hall–Kier alpha value is -3.28. The molecule has 144 valence electrons. The molecule has 1 aliphatic carbocycles. The number of esters is 2. The maximum absolute atomic E-state index is 14.8. The van der Waals surface area contributed by atoms with Gasteiger partial charge in [0, 0.05) is 11.1 Å². The fourth-order valence-corrected chi connectivity index (χ4v) is 2.97. The van der Waals surface area contributed by atoms with Crippen molar-refractivity contribution in [2.24, 2.45) is 0 Å². The fraction of sp³-hybridized carbons (Fsp3) is 0.182. The molecule has 0 unspecified atom stereocenters. The van der Waals surface area contributed by atoms with Gasteiger partial charge in [-0.3, -0.25) is 0 Å². The number of fused-ring (bicyclic) bond motifs is 3. The molecule has 2 aromatic carbocycles. The Balaban J connectivity index is 2.00. The van der Waals surface area contributed by atoms with Gasteiger partial charge in [0.05, 0.1) is 0 Å². The van der Waals surface area contributed by atoms with Crippen molar-refractivity contribution >= 4 is 11.9 Å². The van der Waals surface area contributed by atoms with E-state index in [1.807, 2.05) is 0 Å². The summed E-state index contributed by atoms with van der Waals surface area (Å²) in [6.07, 6.45) is 0.420. The summed E-state index contributed by atoms with van der Waals surface area (Å²) in [5.41, 5.74) is 2.00. The summed E-state index contributed by atoms with van der Waals surface area (Å²) in [5, 5.41) is 0. The molecule has 0 bridgehead atoms. The average Bonchev–Trinajstić information content (AvgIpc) is 2.65. The number of carbonyl (C=O) groups is 2. The van der Waals surface area contributed by atoms with E-state index in [0.717, 1.165) is 0 Å². The van der Waals surface area contributed by atoms with Gasteiger partial charge >= 0.3 is 11.9 Å². The zero-order valence-electron chi connectivity index (χ0n) is 15.5. The third-order valence-electron chi connectivity index (χ3n) is 4.43. The lowest BCUT2D eigenvalue weighted by Crippen LogP contribution is -2.14. The molecule has 28 heavy (non-hydrogen) atoms. The summed E-state index contributed by atoms with van der Waals surface area (Å²) in [6, 6.07) is 5.82. The molecule has 0 heterocycles. The molecule has 4 nitrogen and oxygen atoms in total. The maximum atomic E-state index is 14.8. The molecule has 0 saturated carbocycles. The SMILES string of the molecule is C=C(C)C(=O)Oc1ccc2c(c1F)CCc1c-2ccc(OC(=O)C(=C)C)c1F. The summed E-state index contributed by atoms with van der Waals surface area (Å²) >= 11 is 0. The highest BCUT2D eigenvalue weighted by Gasteiger charge is 2.26. The van der Waals surface area contributed by atoms with Crippen molar-refractivity contribution in [2.45, 2.75) is 26.7 Å². The molecule has 0 radical (unpaired) electrons. The van der Waals surface area contributed by atoms with E-state index in [1.54, 1.807) is 12.1 Å². The highest BCUT2D eigenvalue weighted by molar-refractivity contribution is 5.89. The van der Waals surface area contributed by atoms with Crippen LogP contribution in [0, 0.1) is 11.6 Å². The Morgan fingerprint density at radius 2 is 1.14 bits per heavy atom. The van der Waals surface area contributed by atoms with Crippen LogP contribution >= 0.6 is 0 Å². The highest BCUT2D eigenvalue weighted by atomic mass is 19.1. The van der Waals surface area contributed by atoms with Crippen molar-refractivity contribution in [3.05, 3.63) is 71.3 Å². The molecule has 2 aromatic rings. The molecule has 0 fully saturated rings. The van der Waals surface area contributed by atoms with E-state index in [1.165, 1.54) is 26.0 Å². The minimum Gasteiger partial charge on any atom is -0.420 e. The number of benzene rings is 2. The standard InChI is InChI=1S/C22H18F2O4/c1-11(2)21(25)27-17-9-7-13-14-8-10-18(28-22(26)12(3)4)20(24)16(14)6-5-15(13)19(17)23/h7-10H,1,3,5-6H2,2,4H3. The first kappa shape index (κ1) is 19.5. The van der Waals surface area contributed by atoms with Crippen LogP contribution in [0.15, 0.2) is 48.6 Å². The van der Waals surface area contributed by atoms with Crippen LogP contribution < -0.4 is 9.47 Å². The lowest BCUT2D eigenvalue weighted by atomic mass is 9.84. The number of hydrogen-bond donors (Lipinski definition) is 0. The van der Waals surface area contributed by atoms with E-state index < -0.39 is 23.6 Å². The smallest absolute Gasteiger partial charge is 0.338 e. The van der Waals surface area contributed by atoms with Gasteiger partial charge in [-0.05, 0) is 61.1 Å². The van der Waals surface area contributed by atoms with Crippen molar-refractivity contribution in [3.8, 4) is 22.6 Å². The minimum atomic E-state index is -0.718. The molecular formula is C22H18F2O4. The third-order valence-corrected chi connectivity index (χ3v) is 4.43. The zero-order valence-corrected chi connectivity index (χ0v) is 15.5. The van der Waals surface area contributed by atoms with Gasteiger partial charge in [0.25, 0.3) is 0 Å². The zero-order chi connectivity index (χ0) is 20.6. The third kappa shape index (κ3) is 3.45. The number of carbonyl (C=O) groups excluding carboxylic acids is 2. The minimum absolute atomic E-state index is 0.154. The van der Waals surface area contributed by atoms with Gasteiger partial charge in [-0.1, -0.05) is 25.3 Å². The van der Waals surface area contributed by atoms with Crippen LogP contribution in [-0.2, 0) is 22.4 Å². The van der Waals surface area contributed by atoms with Crippen molar-refractivity contribution in [2.75, 3.05) is 0 Å². The Morgan fingerprint density at radius 1 is 0.786 bits per heavy atom. The largest absolute Gasteiger partial charge is 0.420 e. The van der Waals surface area contributed by atoms with E-state index in [2.05, 4.69) is 13.2 Å². The molecule has 0 saturated heterocycles. The molecular weight excluding hydrogens is 366 g/mol. The predicted octanol–water partition coefficient (Wildman–Crippen LogP) is 4.69.